The molecule has 0 unspecified atom stereocenters. The van der Waals surface area contributed by atoms with Crippen molar-refractivity contribution in [3.63, 3.8) is 0 Å². The fraction of sp³-hybridized carbons (Fsp3) is 0. The second-order valence-electron chi connectivity index (χ2n) is 11.0. The normalized spacial score (nSPS) is 11.7. The molecule has 3 aromatic heterocycles. The summed E-state index contributed by atoms with van der Waals surface area (Å²) in [7, 11) is 0. The van der Waals surface area contributed by atoms with Gasteiger partial charge in [0.15, 0.2) is 0 Å². The first-order chi connectivity index (χ1) is 21.3. The lowest BCUT2D eigenvalue weighted by molar-refractivity contribution is 0.669. The van der Waals surface area contributed by atoms with Crippen LogP contribution in [0.1, 0.15) is 0 Å². The highest BCUT2D eigenvalue weighted by Crippen LogP contribution is 2.38. The third kappa shape index (κ3) is 3.83. The van der Waals surface area contributed by atoms with Crippen molar-refractivity contribution >= 4 is 54.4 Å². The third-order valence-electron chi connectivity index (χ3n) is 8.50. The lowest BCUT2D eigenvalue weighted by Gasteiger charge is -2.11. The van der Waals surface area contributed by atoms with Crippen molar-refractivity contribution in [2.45, 2.75) is 0 Å². The van der Waals surface area contributed by atoms with E-state index in [0.717, 1.165) is 66.5 Å². The van der Waals surface area contributed by atoms with Crippen LogP contribution in [-0.4, -0.2) is 9.97 Å². The Bertz CT molecular complexity index is 2520. The minimum Gasteiger partial charge on any atom is -0.456 e. The fourth-order valence-electron chi connectivity index (χ4n) is 6.44. The molecule has 3 heterocycles. The molecular formula is C40H24N2O. The maximum absolute atomic E-state index is 6.35. The lowest BCUT2D eigenvalue weighted by atomic mass is 9.97. The highest BCUT2D eigenvalue weighted by Gasteiger charge is 2.14. The lowest BCUT2D eigenvalue weighted by Crippen LogP contribution is -1.92. The summed E-state index contributed by atoms with van der Waals surface area (Å²) in [5.74, 6) is 0. The smallest absolute Gasteiger partial charge is 0.136 e. The van der Waals surface area contributed by atoms with Crippen LogP contribution in [0.25, 0.3) is 88.0 Å². The van der Waals surface area contributed by atoms with Crippen molar-refractivity contribution in [3.8, 4) is 33.6 Å². The van der Waals surface area contributed by atoms with Crippen LogP contribution in [0, 0.1) is 0 Å². The Balaban J connectivity index is 1.14. The maximum atomic E-state index is 6.35. The van der Waals surface area contributed by atoms with Crippen LogP contribution in [0.4, 0.5) is 0 Å². The minimum absolute atomic E-state index is 0.862. The molecule has 0 amide bonds. The van der Waals surface area contributed by atoms with Crippen LogP contribution in [0.2, 0.25) is 0 Å². The topological polar surface area (TPSA) is 38.9 Å². The van der Waals surface area contributed by atoms with E-state index in [1.165, 1.54) is 21.5 Å². The molecular weight excluding hydrogens is 524 g/mol. The fourth-order valence-corrected chi connectivity index (χ4v) is 6.44. The summed E-state index contributed by atoms with van der Waals surface area (Å²) in [5, 5.41) is 8.19. The van der Waals surface area contributed by atoms with Gasteiger partial charge in [-0.3, -0.25) is 4.98 Å². The molecule has 9 aromatic rings. The molecule has 0 aliphatic rings. The van der Waals surface area contributed by atoms with Gasteiger partial charge >= 0.3 is 0 Å². The molecule has 0 fully saturated rings. The SMILES string of the molecule is c1cc(-c2ccnc(-c3nc4ccccc4c4ccccc34)c2)cc(-c2ccc3c(c2)oc2ccc4ccccc4c23)c1. The molecule has 0 aliphatic carbocycles. The molecule has 0 saturated heterocycles. The molecule has 9 rings (SSSR count). The average Bonchev–Trinajstić information content (AvgIpc) is 3.46. The van der Waals surface area contributed by atoms with E-state index in [0.29, 0.717) is 0 Å². The molecule has 0 saturated carbocycles. The Morgan fingerprint density at radius 2 is 1.16 bits per heavy atom. The zero-order valence-corrected chi connectivity index (χ0v) is 23.2. The monoisotopic (exact) mass is 548 g/mol. The van der Waals surface area contributed by atoms with E-state index in [1.807, 2.05) is 12.3 Å². The Kier molecular flexibility index (Phi) is 5.20. The van der Waals surface area contributed by atoms with Crippen LogP contribution >= 0.6 is 0 Å². The zero-order valence-electron chi connectivity index (χ0n) is 23.2. The van der Waals surface area contributed by atoms with Gasteiger partial charge in [-0.15, -0.1) is 0 Å². The van der Waals surface area contributed by atoms with Gasteiger partial charge in [0.2, 0.25) is 0 Å². The molecule has 0 bridgehead atoms. The number of benzene rings is 6. The standard InChI is InChI=1S/C40H24N2O/c1-2-11-30-25(8-1)17-19-37-39(30)34-18-16-28(24-38(34)43-37)26-9-7-10-27(22-26)29-20-21-41-36(23-29)40-33-14-4-3-12-31(33)32-13-5-6-15-35(32)42-40/h1-24H. The first-order valence-corrected chi connectivity index (χ1v) is 14.5. The number of nitrogens with zero attached hydrogens (tertiary/aromatic N) is 2. The summed E-state index contributed by atoms with van der Waals surface area (Å²) in [6.45, 7) is 0. The number of hydrogen-bond acceptors (Lipinski definition) is 3. The van der Waals surface area contributed by atoms with Gasteiger partial charge in [0.05, 0.1) is 16.9 Å². The molecule has 6 aromatic carbocycles. The van der Waals surface area contributed by atoms with E-state index in [-0.39, 0.29) is 0 Å². The van der Waals surface area contributed by atoms with E-state index < -0.39 is 0 Å². The zero-order chi connectivity index (χ0) is 28.3. The number of fused-ring (bicyclic) bond motifs is 8. The molecule has 200 valence electrons. The Hall–Kier alpha value is -5.80. The van der Waals surface area contributed by atoms with Gasteiger partial charge in [-0.05, 0) is 80.9 Å². The average molecular weight is 549 g/mol. The van der Waals surface area contributed by atoms with Crippen molar-refractivity contribution in [2.75, 3.05) is 0 Å². The number of hydrogen-bond donors (Lipinski definition) is 0. The number of para-hydroxylation sites is 1. The first kappa shape index (κ1) is 23.9. The Labute approximate surface area is 247 Å². The van der Waals surface area contributed by atoms with Gasteiger partial charge in [-0.25, -0.2) is 4.98 Å². The largest absolute Gasteiger partial charge is 0.456 e. The van der Waals surface area contributed by atoms with Crippen LogP contribution in [0.5, 0.6) is 0 Å². The summed E-state index contributed by atoms with van der Waals surface area (Å²) >= 11 is 0. The maximum Gasteiger partial charge on any atom is 0.136 e. The number of aromatic nitrogens is 2. The van der Waals surface area contributed by atoms with E-state index in [1.54, 1.807) is 0 Å². The number of furan rings is 1. The third-order valence-corrected chi connectivity index (χ3v) is 8.50. The predicted octanol–water partition coefficient (Wildman–Crippen LogP) is 10.8. The molecule has 3 heteroatoms. The number of pyridine rings is 2. The van der Waals surface area contributed by atoms with Crippen LogP contribution in [0.15, 0.2) is 150 Å². The quantitative estimate of drug-likeness (QED) is 0.206. The van der Waals surface area contributed by atoms with Crippen molar-refractivity contribution in [1.29, 1.82) is 0 Å². The number of rotatable bonds is 3. The van der Waals surface area contributed by atoms with Crippen LogP contribution in [-0.2, 0) is 0 Å². The molecule has 0 spiro atoms. The molecule has 0 N–H and O–H groups in total. The van der Waals surface area contributed by atoms with E-state index in [2.05, 4.69) is 133 Å². The van der Waals surface area contributed by atoms with Crippen molar-refractivity contribution in [1.82, 2.24) is 9.97 Å². The molecule has 0 atom stereocenters. The Morgan fingerprint density at radius 3 is 2.05 bits per heavy atom. The molecule has 0 aliphatic heterocycles. The van der Waals surface area contributed by atoms with E-state index in [9.17, 15) is 0 Å². The minimum atomic E-state index is 0.862. The highest BCUT2D eigenvalue weighted by molar-refractivity contribution is 6.19. The highest BCUT2D eigenvalue weighted by atomic mass is 16.3. The molecule has 43 heavy (non-hydrogen) atoms. The van der Waals surface area contributed by atoms with Gasteiger partial charge in [0.1, 0.15) is 11.2 Å². The van der Waals surface area contributed by atoms with Gasteiger partial charge in [0, 0.05) is 27.7 Å². The van der Waals surface area contributed by atoms with Crippen molar-refractivity contribution < 1.29 is 4.42 Å². The van der Waals surface area contributed by atoms with E-state index in [4.69, 9.17) is 14.4 Å². The van der Waals surface area contributed by atoms with E-state index >= 15 is 0 Å². The van der Waals surface area contributed by atoms with Crippen LogP contribution < -0.4 is 0 Å². The van der Waals surface area contributed by atoms with Gasteiger partial charge in [0.25, 0.3) is 0 Å². The van der Waals surface area contributed by atoms with Crippen LogP contribution in [0.3, 0.4) is 0 Å². The van der Waals surface area contributed by atoms with Gasteiger partial charge in [-0.1, -0.05) is 97.1 Å². The van der Waals surface area contributed by atoms with Gasteiger partial charge in [-0.2, -0.15) is 0 Å². The summed E-state index contributed by atoms with van der Waals surface area (Å²) < 4.78 is 6.35. The summed E-state index contributed by atoms with van der Waals surface area (Å²) in [5.41, 5.74) is 9.03. The first-order valence-electron chi connectivity index (χ1n) is 14.5. The summed E-state index contributed by atoms with van der Waals surface area (Å²) in [6, 6.07) is 48.9. The second kappa shape index (κ2) is 9.37. The van der Waals surface area contributed by atoms with Gasteiger partial charge < -0.3 is 4.42 Å². The predicted molar refractivity (Wildman–Crippen MR) is 178 cm³/mol. The van der Waals surface area contributed by atoms with Crippen molar-refractivity contribution in [3.05, 3.63) is 146 Å². The molecule has 3 nitrogen and oxygen atoms in total. The molecule has 0 radical (unpaired) electrons. The summed E-state index contributed by atoms with van der Waals surface area (Å²) in [4.78, 5) is 9.84. The second-order valence-corrected chi connectivity index (χ2v) is 11.0. The van der Waals surface area contributed by atoms with Crippen molar-refractivity contribution in [2.24, 2.45) is 0 Å². The Morgan fingerprint density at radius 1 is 0.442 bits per heavy atom. The summed E-state index contributed by atoms with van der Waals surface area (Å²) in [6.07, 6.45) is 1.88.